The van der Waals surface area contributed by atoms with Crippen LogP contribution >= 0.6 is 0 Å². The number of carbonyl (C=O) groups excluding carboxylic acids is 1. The number of ether oxygens (including phenoxy) is 1. The van der Waals surface area contributed by atoms with Crippen molar-refractivity contribution in [3.63, 3.8) is 0 Å². The molecule has 1 N–H and O–H groups in total. The third-order valence-electron chi connectivity index (χ3n) is 7.81. The number of carbonyl (C=O) groups is 1. The summed E-state index contributed by atoms with van der Waals surface area (Å²) in [5.41, 5.74) is -0.569. The van der Waals surface area contributed by atoms with E-state index < -0.39 is 27.5 Å². The summed E-state index contributed by atoms with van der Waals surface area (Å²) in [6, 6.07) is 2.99. The van der Waals surface area contributed by atoms with E-state index in [1.165, 1.54) is 18.9 Å². The first kappa shape index (κ1) is 19.0. The minimum atomic E-state index is -4.90. The van der Waals surface area contributed by atoms with Gasteiger partial charge in [-0.3, -0.25) is 9.69 Å². The molecule has 1 aromatic carbocycles. The van der Waals surface area contributed by atoms with Crippen LogP contribution in [0.5, 0.6) is 11.5 Å². The average Bonchev–Trinajstić information content (AvgIpc) is 3.45. The molecule has 2 saturated carbocycles. The maximum atomic E-state index is 12.9. The second-order valence-corrected chi connectivity index (χ2v) is 10.4. The fourth-order valence-electron chi connectivity index (χ4n) is 6.44. The molecule has 8 nitrogen and oxygen atoms in total. The summed E-state index contributed by atoms with van der Waals surface area (Å²) in [4.78, 5) is 15.3. The Morgan fingerprint density at radius 3 is 2.83 bits per heavy atom. The van der Waals surface area contributed by atoms with Crippen LogP contribution in [0.2, 0.25) is 0 Å². The van der Waals surface area contributed by atoms with E-state index in [1.54, 1.807) is 6.07 Å². The number of aliphatic hydroxyl groups is 1. The molecule has 1 aromatic rings. The highest BCUT2D eigenvalue weighted by atomic mass is 32.3. The molecule has 6 rings (SSSR count). The number of rotatable bonds is 5. The highest BCUT2D eigenvalue weighted by Gasteiger charge is 2.73. The van der Waals surface area contributed by atoms with Crippen molar-refractivity contribution in [1.82, 2.24) is 4.90 Å². The van der Waals surface area contributed by atoms with Crippen molar-refractivity contribution in [3.05, 3.63) is 23.3 Å². The molecule has 0 amide bonds. The maximum absolute atomic E-state index is 12.9. The van der Waals surface area contributed by atoms with E-state index in [2.05, 4.69) is 9.29 Å². The third-order valence-corrected chi connectivity index (χ3v) is 8.35. The SMILES string of the molecule is O=C1CCC2(O)C3Cc4ccc(OS(=O)(=O)OF)c5c4C2(CCN3CC2CC2)C1O5. The van der Waals surface area contributed by atoms with Crippen molar-refractivity contribution in [2.24, 2.45) is 5.92 Å². The summed E-state index contributed by atoms with van der Waals surface area (Å²) in [7, 11) is -4.90. The van der Waals surface area contributed by atoms with Gasteiger partial charge in [0.05, 0.1) is 11.0 Å². The smallest absolute Gasteiger partial charge is 0.477 e. The van der Waals surface area contributed by atoms with Crippen LogP contribution < -0.4 is 8.92 Å². The minimum Gasteiger partial charge on any atom is -0.477 e. The Bertz CT molecular complexity index is 1060. The summed E-state index contributed by atoms with van der Waals surface area (Å²) in [6.45, 7) is 1.67. The van der Waals surface area contributed by atoms with E-state index in [-0.39, 0.29) is 29.7 Å². The zero-order chi connectivity index (χ0) is 20.9. The van der Waals surface area contributed by atoms with Crippen molar-refractivity contribution >= 4 is 16.2 Å². The monoisotopic (exact) mass is 439 g/mol. The Kier molecular flexibility index (Phi) is 3.75. The molecule has 5 aliphatic rings. The van der Waals surface area contributed by atoms with Crippen LogP contribution in [0.4, 0.5) is 4.53 Å². The summed E-state index contributed by atoms with van der Waals surface area (Å²) in [6.07, 6.45) is 3.15. The number of benzene rings is 1. The Labute approximate surface area is 173 Å². The first-order valence-electron chi connectivity index (χ1n) is 10.4. The van der Waals surface area contributed by atoms with E-state index in [0.717, 1.165) is 18.7 Å². The number of halogens is 1. The van der Waals surface area contributed by atoms with Gasteiger partial charge in [-0.25, -0.2) is 0 Å². The van der Waals surface area contributed by atoms with Crippen molar-refractivity contribution in [2.75, 3.05) is 13.1 Å². The van der Waals surface area contributed by atoms with Gasteiger partial charge < -0.3 is 14.0 Å². The molecule has 3 fully saturated rings. The lowest BCUT2D eigenvalue weighted by molar-refractivity contribution is -0.188. The molecule has 2 bridgehead atoms. The number of piperidine rings is 1. The third kappa shape index (κ3) is 2.30. The van der Waals surface area contributed by atoms with E-state index >= 15 is 0 Å². The van der Waals surface area contributed by atoms with Gasteiger partial charge in [0.15, 0.2) is 23.4 Å². The fraction of sp³-hybridized carbons (Fsp3) is 0.650. The van der Waals surface area contributed by atoms with Crippen LogP contribution in [0.3, 0.4) is 0 Å². The van der Waals surface area contributed by atoms with Crippen LogP contribution in [0.25, 0.3) is 0 Å². The van der Waals surface area contributed by atoms with Crippen molar-refractivity contribution < 1.29 is 36.2 Å². The van der Waals surface area contributed by atoms with Crippen LogP contribution in [-0.4, -0.2) is 55.0 Å². The Hall–Kier alpha value is -1.75. The highest BCUT2D eigenvalue weighted by Crippen LogP contribution is 2.65. The predicted octanol–water partition coefficient (Wildman–Crippen LogP) is 1.34. The number of hydrogen-bond acceptors (Lipinski definition) is 8. The zero-order valence-corrected chi connectivity index (χ0v) is 17.0. The lowest BCUT2D eigenvalue weighted by Crippen LogP contribution is -2.76. The first-order valence-corrected chi connectivity index (χ1v) is 11.7. The van der Waals surface area contributed by atoms with E-state index in [9.17, 15) is 22.8 Å². The summed E-state index contributed by atoms with van der Waals surface area (Å²) in [5, 5.41) is 12.1. The summed E-state index contributed by atoms with van der Waals surface area (Å²) < 4.78 is 49.2. The first-order chi connectivity index (χ1) is 14.3. The van der Waals surface area contributed by atoms with Gasteiger partial charge in [-0.1, -0.05) is 6.07 Å². The summed E-state index contributed by atoms with van der Waals surface area (Å²) >= 11 is 0. The van der Waals surface area contributed by atoms with Gasteiger partial charge in [-0.2, -0.15) is 8.42 Å². The largest absolute Gasteiger partial charge is 0.480 e. The maximum Gasteiger partial charge on any atom is 0.480 e. The van der Waals surface area contributed by atoms with Crippen molar-refractivity contribution in [3.8, 4) is 11.5 Å². The molecule has 4 unspecified atom stereocenters. The summed E-state index contributed by atoms with van der Waals surface area (Å²) in [5.74, 6) is 0.417. The van der Waals surface area contributed by atoms with Crippen molar-refractivity contribution in [1.29, 1.82) is 0 Å². The molecule has 162 valence electrons. The van der Waals surface area contributed by atoms with Gasteiger partial charge >= 0.3 is 10.4 Å². The van der Waals surface area contributed by atoms with Gasteiger partial charge in [0.1, 0.15) is 0 Å². The van der Waals surface area contributed by atoms with Gasteiger partial charge in [-0.15, -0.1) is 0 Å². The molecule has 0 radical (unpaired) electrons. The predicted molar refractivity (Wildman–Crippen MR) is 99.9 cm³/mol. The van der Waals surface area contributed by atoms with Gasteiger partial charge in [0.2, 0.25) is 0 Å². The van der Waals surface area contributed by atoms with E-state index in [1.807, 2.05) is 0 Å². The number of likely N-dealkylation sites (tertiary alicyclic amines) is 1. The molecule has 2 heterocycles. The number of nitrogens with zero attached hydrogens (tertiary/aromatic N) is 1. The molecular weight excluding hydrogens is 417 g/mol. The van der Waals surface area contributed by atoms with Gasteiger partial charge in [0.25, 0.3) is 0 Å². The lowest BCUT2D eigenvalue weighted by Gasteiger charge is -2.62. The van der Waals surface area contributed by atoms with Gasteiger partial charge in [0, 0.05) is 24.6 Å². The Morgan fingerprint density at radius 2 is 2.10 bits per heavy atom. The fourth-order valence-corrected chi connectivity index (χ4v) is 6.82. The molecule has 10 heteroatoms. The highest BCUT2D eigenvalue weighted by molar-refractivity contribution is 7.82. The Morgan fingerprint density at radius 1 is 1.30 bits per heavy atom. The standard InChI is InChI=1S/C20H22FNO7S/c21-29-30(25,26)28-14-4-3-12-9-15-20(24)6-5-13(23)18-19(20,16(12)17(14)27-18)7-8-22(15)10-11-1-2-11/h3-4,11,15,18,24H,1-2,5-10H2. The lowest BCUT2D eigenvalue weighted by atomic mass is 9.49. The average molecular weight is 439 g/mol. The Balaban J connectivity index is 1.52. The number of ketones is 1. The van der Waals surface area contributed by atoms with E-state index in [0.29, 0.717) is 30.7 Å². The van der Waals surface area contributed by atoms with Crippen LogP contribution in [0, 0.1) is 5.92 Å². The molecule has 30 heavy (non-hydrogen) atoms. The number of hydrogen-bond donors (Lipinski definition) is 1. The molecule has 3 aliphatic carbocycles. The number of Topliss-reactive ketones (excluding diaryl/α,β-unsaturated/α-hetero) is 1. The molecule has 1 spiro atoms. The molecular formula is C20H22FNO7S. The van der Waals surface area contributed by atoms with Crippen LogP contribution in [-0.2, 0) is 31.4 Å². The molecule has 4 atom stereocenters. The second-order valence-electron chi connectivity index (χ2n) is 9.25. The second kappa shape index (κ2) is 5.93. The zero-order valence-electron chi connectivity index (χ0n) is 16.2. The van der Waals surface area contributed by atoms with E-state index in [4.69, 9.17) is 8.92 Å². The van der Waals surface area contributed by atoms with Crippen molar-refractivity contribution in [2.45, 2.75) is 61.7 Å². The van der Waals surface area contributed by atoms with Gasteiger partial charge in [-0.05, 0) is 65.1 Å². The van der Waals surface area contributed by atoms with Crippen LogP contribution in [0.15, 0.2) is 12.1 Å². The molecule has 0 aromatic heterocycles. The topological polar surface area (TPSA) is 102 Å². The quantitative estimate of drug-likeness (QED) is 0.734. The molecule has 1 saturated heterocycles. The van der Waals surface area contributed by atoms with Crippen LogP contribution in [0.1, 0.15) is 43.2 Å². The minimum absolute atomic E-state index is 0.0980. The molecule has 2 aliphatic heterocycles. The normalized spacial score (nSPS) is 36.9.